The monoisotopic (exact) mass is 256 g/mol. The van der Waals surface area contributed by atoms with Crippen LogP contribution in [0.5, 0.6) is 0 Å². The molecule has 7 heteroatoms. The van der Waals surface area contributed by atoms with E-state index in [0.717, 1.165) is 0 Å². The molecule has 1 aromatic carbocycles. The first-order chi connectivity index (χ1) is 9.22. The Balaban J connectivity index is 2.09. The first-order valence-corrected chi connectivity index (χ1v) is 5.64. The molecular weight excluding hydrogens is 244 g/mol. The number of rotatable bonds is 4. The minimum absolute atomic E-state index is 0.204. The smallest absolute Gasteiger partial charge is 0.277 e. The topological polar surface area (TPSA) is 110 Å². The first kappa shape index (κ1) is 12.7. The molecule has 2 aromatic rings. The van der Waals surface area contributed by atoms with Gasteiger partial charge in [0.05, 0.1) is 24.4 Å². The molecule has 3 N–H and O–H groups in total. The van der Waals surface area contributed by atoms with E-state index < -0.39 is 0 Å². The lowest BCUT2D eigenvalue weighted by Crippen LogP contribution is -2.13. The summed E-state index contributed by atoms with van der Waals surface area (Å²) in [6.45, 7) is 0.929. The Morgan fingerprint density at radius 1 is 1.53 bits per heavy atom. The molecular formula is C12H12N6O. The summed E-state index contributed by atoms with van der Waals surface area (Å²) in [4.78, 5) is 11.9. The van der Waals surface area contributed by atoms with Crippen LogP contribution in [0.3, 0.4) is 0 Å². The Bertz CT molecular complexity index is 627. The number of amides is 1. The predicted octanol–water partition coefficient (Wildman–Crippen LogP) is 0.361. The molecule has 1 heterocycles. The standard InChI is InChI=1S/C12H12N6O/c13-4-5-18-8-11(16-17-18)12(19)15-10-3-1-2-9(6-10)7-14/h1-3,6,8H,4-5,13H2,(H,15,19). The van der Waals surface area contributed by atoms with Crippen molar-refractivity contribution in [2.45, 2.75) is 6.54 Å². The van der Waals surface area contributed by atoms with Gasteiger partial charge in [-0.15, -0.1) is 5.10 Å². The van der Waals surface area contributed by atoms with Crippen LogP contribution in [0.15, 0.2) is 30.5 Å². The number of hydrogen-bond acceptors (Lipinski definition) is 5. The van der Waals surface area contributed by atoms with Crippen LogP contribution in [0.2, 0.25) is 0 Å². The predicted molar refractivity (Wildman–Crippen MR) is 68.2 cm³/mol. The van der Waals surface area contributed by atoms with Gasteiger partial charge in [0.1, 0.15) is 0 Å². The first-order valence-electron chi connectivity index (χ1n) is 5.64. The second kappa shape index (κ2) is 5.75. The van der Waals surface area contributed by atoms with Crippen molar-refractivity contribution in [1.29, 1.82) is 5.26 Å². The number of carbonyl (C=O) groups is 1. The van der Waals surface area contributed by atoms with Crippen LogP contribution in [-0.2, 0) is 6.54 Å². The maximum absolute atomic E-state index is 11.9. The molecule has 1 amide bonds. The van der Waals surface area contributed by atoms with E-state index in [0.29, 0.717) is 24.3 Å². The van der Waals surface area contributed by atoms with E-state index in [1.165, 1.54) is 10.9 Å². The fraction of sp³-hybridized carbons (Fsp3) is 0.167. The van der Waals surface area contributed by atoms with Crippen LogP contribution in [-0.4, -0.2) is 27.4 Å². The second-order valence-electron chi connectivity index (χ2n) is 3.80. The third kappa shape index (κ3) is 3.14. The van der Waals surface area contributed by atoms with Crippen LogP contribution in [0, 0.1) is 11.3 Å². The number of nitrogens with two attached hydrogens (primary N) is 1. The van der Waals surface area contributed by atoms with Gasteiger partial charge in [-0.1, -0.05) is 11.3 Å². The van der Waals surface area contributed by atoms with Gasteiger partial charge in [0.15, 0.2) is 5.69 Å². The molecule has 0 atom stereocenters. The summed E-state index contributed by atoms with van der Waals surface area (Å²) >= 11 is 0. The lowest BCUT2D eigenvalue weighted by molar-refractivity contribution is 0.102. The molecule has 0 radical (unpaired) electrons. The Morgan fingerprint density at radius 3 is 3.11 bits per heavy atom. The summed E-state index contributed by atoms with van der Waals surface area (Å²) in [5.41, 5.74) is 6.60. The summed E-state index contributed by atoms with van der Waals surface area (Å²) < 4.78 is 1.50. The number of nitriles is 1. The van der Waals surface area contributed by atoms with Gasteiger partial charge in [0, 0.05) is 12.2 Å². The summed E-state index contributed by atoms with van der Waals surface area (Å²) in [7, 11) is 0. The van der Waals surface area contributed by atoms with Crippen molar-refractivity contribution in [3.8, 4) is 6.07 Å². The highest BCUT2D eigenvalue weighted by atomic mass is 16.2. The van der Waals surface area contributed by atoms with Crippen LogP contribution >= 0.6 is 0 Å². The minimum atomic E-state index is -0.377. The van der Waals surface area contributed by atoms with Gasteiger partial charge < -0.3 is 11.1 Å². The molecule has 0 saturated heterocycles. The summed E-state index contributed by atoms with van der Waals surface area (Å²) in [6, 6.07) is 8.64. The fourth-order valence-corrected chi connectivity index (χ4v) is 1.51. The zero-order valence-electron chi connectivity index (χ0n) is 10.1. The SMILES string of the molecule is N#Cc1cccc(NC(=O)c2cn(CCN)nn2)c1. The van der Waals surface area contributed by atoms with Crippen molar-refractivity contribution < 1.29 is 4.79 Å². The highest BCUT2D eigenvalue weighted by molar-refractivity contribution is 6.02. The van der Waals surface area contributed by atoms with Crippen LogP contribution in [0.4, 0.5) is 5.69 Å². The van der Waals surface area contributed by atoms with Gasteiger partial charge >= 0.3 is 0 Å². The Morgan fingerprint density at radius 2 is 2.37 bits per heavy atom. The van der Waals surface area contributed by atoms with Crippen molar-refractivity contribution >= 4 is 11.6 Å². The largest absolute Gasteiger partial charge is 0.329 e. The molecule has 1 aromatic heterocycles. The zero-order valence-corrected chi connectivity index (χ0v) is 10.1. The van der Waals surface area contributed by atoms with Crippen molar-refractivity contribution in [2.24, 2.45) is 5.73 Å². The molecule has 0 saturated carbocycles. The molecule has 0 unspecified atom stereocenters. The normalized spacial score (nSPS) is 9.89. The van der Waals surface area contributed by atoms with Gasteiger partial charge in [-0.3, -0.25) is 9.48 Å². The Kier molecular flexibility index (Phi) is 3.85. The van der Waals surface area contributed by atoms with Crippen molar-refractivity contribution in [3.05, 3.63) is 41.7 Å². The molecule has 0 bridgehead atoms. The Hall–Kier alpha value is -2.72. The zero-order chi connectivity index (χ0) is 13.7. The van der Waals surface area contributed by atoms with Crippen LogP contribution in [0.25, 0.3) is 0 Å². The van der Waals surface area contributed by atoms with Crippen molar-refractivity contribution in [3.63, 3.8) is 0 Å². The van der Waals surface area contributed by atoms with Crippen LogP contribution in [0.1, 0.15) is 16.1 Å². The van der Waals surface area contributed by atoms with E-state index >= 15 is 0 Å². The molecule has 7 nitrogen and oxygen atoms in total. The molecule has 0 aliphatic rings. The van der Waals surface area contributed by atoms with E-state index in [4.69, 9.17) is 11.0 Å². The lowest BCUT2D eigenvalue weighted by atomic mass is 10.2. The summed E-state index contributed by atoms with van der Waals surface area (Å²) in [5, 5.41) is 19.0. The number of aromatic nitrogens is 3. The van der Waals surface area contributed by atoms with Gasteiger partial charge in [-0.05, 0) is 18.2 Å². The highest BCUT2D eigenvalue weighted by Crippen LogP contribution is 2.10. The lowest BCUT2D eigenvalue weighted by Gasteiger charge is -2.02. The number of nitrogens with one attached hydrogen (secondary N) is 1. The maximum atomic E-state index is 11.9. The van der Waals surface area contributed by atoms with Crippen molar-refractivity contribution in [2.75, 3.05) is 11.9 Å². The minimum Gasteiger partial charge on any atom is -0.329 e. The maximum Gasteiger partial charge on any atom is 0.277 e. The summed E-state index contributed by atoms with van der Waals surface area (Å²) in [6.07, 6.45) is 1.52. The number of carbonyl (C=O) groups excluding carboxylic acids is 1. The van der Waals surface area contributed by atoms with E-state index in [1.54, 1.807) is 24.3 Å². The van der Waals surface area contributed by atoms with Gasteiger partial charge in [-0.2, -0.15) is 5.26 Å². The number of anilines is 1. The average molecular weight is 256 g/mol. The van der Waals surface area contributed by atoms with E-state index in [9.17, 15) is 4.79 Å². The highest BCUT2D eigenvalue weighted by Gasteiger charge is 2.10. The van der Waals surface area contributed by atoms with Crippen LogP contribution < -0.4 is 11.1 Å². The molecule has 19 heavy (non-hydrogen) atoms. The Labute approximate surface area is 109 Å². The molecule has 2 rings (SSSR count). The fourth-order valence-electron chi connectivity index (χ4n) is 1.51. The molecule has 0 fully saturated rings. The van der Waals surface area contributed by atoms with Crippen molar-refractivity contribution in [1.82, 2.24) is 15.0 Å². The third-order valence-electron chi connectivity index (χ3n) is 2.38. The number of hydrogen-bond donors (Lipinski definition) is 2. The molecule has 96 valence electrons. The van der Waals surface area contributed by atoms with Gasteiger partial charge in [0.25, 0.3) is 5.91 Å². The number of nitrogens with zero attached hydrogens (tertiary/aromatic N) is 4. The summed E-state index contributed by atoms with van der Waals surface area (Å²) in [5.74, 6) is -0.377. The second-order valence-corrected chi connectivity index (χ2v) is 3.80. The van der Waals surface area contributed by atoms with E-state index in [-0.39, 0.29) is 11.6 Å². The van der Waals surface area contributed by atoms with E-state index in [2.05, 4.69) is 15.6 Å². The third-order valence-corrected chi connectivity index (χ3v) is 2.38. The molecule has 0 aliphatic heterocycles. The number of benzene rings is 1. The molecule has 0 aliphatic carbocycles. The van der Waals surface area contributed by atoms with Gasteiger partial charge in [0.2, 0.25) is 0 Å². The molecule has 0 spiro atoms. The average Bonchev–Trinajstić information content (AvgIpc) is 2.88. The quantitative estimate of drug-likeness (QED) is 0.820. The van der Waals surface area contributed by atoms with Gasteiger partial charge in [-0.25, -0.2) is 0 Å². The van der Waals surface area contributed by atoms with E-state index in [1.807, 2.05) is 6.07 Å².